The molecule has 1 atom stereocenters. The van der Waals surface area contributed by atoms with Crippen molar-refractivity contribution >= 4 is 11.8 Å². The average molecular weight is 185 g/mol. The fraction of sp³-hybridized carbons (Fsp3) is 0.556. The molecular formula is C9H15NOS. The molecule has 2 N–H and O–H groups in total. The number of nitrogens with two attached hydrogens (primary N) is 1. The van der Waals surface area contributed by atoms with Gasteiger partial charge in [-0.2, -0.15) is 0 Å². The molecule has 1 aromatic rings. The quantitative estimate of drug-likeness (QED) is 0.782. The number of hydrogen-bond acceptors (Lipinski definition) is 3. The van der Waals surface area contributed by atoms with Crippen LogP contribution in [0.5, 0.6) is 0 Å². The van der Waals surface area contributed by atoms with E-state index in [-0.39, 0.29) is 0 Å². The van der Waals surface area contributed by atoms with Gasteiger partial charge >= 0.3 is 0 Å². The Morgan fingerprint density at radius 2 is 2.33 bits per heavy atom. The Bertz CT molecular complexity index is 234. The van der Waals surface area contributed by atoms with Crippen LogP contribution in [0.15, 0.2) is 16.5 Å². The minimum absolute atomic E-state index is 0.323. The monoisotopic (exact) mass is 185 g/mol. The summed E-state index contributed by atoms with van der Waals surface area (Å²) >= 11 is 1.82. The highest BCUT2D eigenvalue weighted by Crippen LogP contribution is 2.28. The summed E-state index contributed by atoms with van der Waals surface area (Å²) in [7, 11) is 0. The molecule has 2 nitrogen and oxygen atoms in total. The van der Waals surface area contributed by atoms with Gasteiger partial charge in [0.2, 0.25) is 0 Å². The van der Waals surface area contributed by atoms with E-state index in [0.717, 1.165) is 17.3 Å². The fourth-order valence-corrected chi connectivity index (χ4v) is 1.92. The first-order valence-corrected chi connectivity index (χ1v) is 5.20. The first kappa shape index (κ1) is 9.68. The van der Waals surface area contributed by atoms with Crippen LogP contribution in [0.3, 0.4) is 0 Å². The van der Waals surface area contributed by atoms with Crippen molar-refractivity contribution in [3.05, 3.63) is 23.7 Å². The molecule has 3 heteroatoms. The van der Waals surface area contributed by atoms with Crippen LogP contribution < -0.4 is 5.73 Å². The number of aryl methyl sites for hydroxylation is 1. The summed E-state index contributed by atoms with van der Waals surface area (Å²) in [5, 5.41) is 0.323. The summed E-state index contributed by atoms with van der Waals surface area (Å²) in [6, 6.07) is 3.99. The van der Waals surface area contributed by atoms with Crippen LogP contribution >= 0.6 is 11.8 Å². The maximum Gasteiger partial charge on any atom is 0.118 e. The summed E-state index contributed by atoms with van der Waals surface area (Å²) in [6.07, 6.45) is 0. The minimum Gasteiger partial charge on any atom is -0.465 e. The van der Waals surface area contributed by atoms with E-state index in [0.29, 0.717) is 11.8 Å². The Labute approximate surface area is 77.5 Å². The summed E-state index contributed by atoms with van der Waals surface area (Å²) < 4.78 is 5.49. The van der Waals surface area contributed by atoms with Crippen molar-refractivity contribution in [2.24, 2.45) is 5.73 Å². The first-order valence-electron chi connectivity index (χ1n) is 4.16. The van der Waals surface area contributed by atoms with Gasteiger partial charge in [0.25, 0.3) is 0 Å². The van der Waals surface area contributed by atoms with E-state index in [4.69, 9.17) is 10.2 Å². The predicted octanol–water partition coefficient (Wildman–Crippen LogP) is 2.34. The molecular weight excluding hydrogens is 170 g/mol. The highest BCUT2D eigenvalue weighted by Gasteiger charge is 2.12. The minimum atomic E-state index is 0.323. The second kappa shape index (κ2) is 4.58. The fourth-order valence-electron chi connectivity index (χ4n) is 1.09. The maximum atomic E-state index is 5.62. The van der Waals surface area contributed by atoms with E-state index in [1.54, 1.807) is 0 Å². The van der Waals surface area contributed by atoms with Crippen molar-refractivity contribution in [3.63, 3.8) is 0 Å². The molecule has 1 heterocycles. The van der Waals surface area contributed by atoms with Crippen molar-refractivity contribution in [2.75, 3.05) is 12.3 Å². The highest BCUT2D eigenvalue weighted by atomic mass is 32.2. The van der Waals surface area contributed by atoms with Gasteiger partial charge in [-0.1, -0.05) is 6.92 Å². The Morgan fingerprint density at radius 1 is 1.58 bits per heavy atom. The van der Waals surface area contributed by atoms with Gasteiger partial charge in [0, 0.05) is 6.54 Å². The van der Waals surface area contributed by atoms with Gasteiger partial charge in [0.1, 0.15) is 11.5 Å². The molecule has 0 aliphatic carbocycles. The molecule has 0 aliphatic rings. The van der Waals surface area contributed by atoms with Crippen molar-refractivity contribution in [3.8, 4) is 0 Å². The average Bonchev–Trinajstić information content (AvgIpc) is 2.47. The second-order valence-corrected chi connectivity index (χ2v) is 4.11. The molecule has 1 aromatic heterocycles. The standard InChI is InChI=1S/C9H15NOS/c1-3-12-9(6-10)8-5-4-7(2)11-8/h4-5,9H,3,6,10H2,1-2H3. The van der Waals surface area contributed by atoms with E-state index in [2.05, 4.69) is 6.92 Å². The van der Waals surface area contributed by atoms with Crippen molar-refractivity contribution in [2.45, 2.75) is 19.1 Å². The summed E-state index contributed by atoms with van der Waals surface area (Å²) in [6.45, 7) is 4.72. The van der Waals surface area contributed by atoms with E-state index >= 15 is 0 Å². The molecule has 0 aliphatic heterocycles. The predicted molar refractivity (Wildman–Crippen MR) is 53.4 cm³/mol. The first-order chi connectivity index (χ1) is 5.77. The molecule has 0 saturated carbocycles. The summed E-state index contributed by atoms with van der Waals surface area (Å²) in [5.41, 5.74) is 5.62. The Balaban J connectivity index is 2.66. The van der Waals surface area contributed by atoms with Crippen LogP contribution in [0.1, 0.15) is 23.7 Å². The molecule has 0 radical (unpaired) electrons. The zero-order chi connectivity index (χ0) is 8.97. The molecule has 1 rings (SSSR count). The molecule has 12 heavy (non-hydrogen) atoms. The van der Waals surface area contributed by atoms with E-state index < -0.39 is 0 Å². The number of thioether (sulfide) groups is 1. The van der Waals surface area contributed by atoms with E-state index in [9.17, 15) is 0 Å². The lowest BCUT2D eigenvalue weighted by atomic mass is 10.3. The van der Waals surface area contributed by atoms with Crippen LogP contribution in [0.4, 0.5) is 0 Å². The molecule has 0 aromatic carbocycles. The van der Waals surface area contributed by atoms with Crippen LogP contribution in [-0.4, -0.2) is 12.3 Å². The van der Waals surface area contributed by atoms with Crippen molar-refractivity contribution in [1.29, 1.82) is 0 Å². The second-order valence-electron chi connectivity index (χ2n) is 2.63. The van der Waals surface area contributed by atoms with Gasteiger partial charge < -0.3 is 10.2 Å². The molecule has 68 valence electrons. The third kappa shape index (κ3) is 2.29. The number of rotatable bonds is 4. The van der Waals surface area contributed by atoms with Crippen LogP contribution in [0, 0.1) is 6.92 Å². The number of hydrogen-bond donors (Lipinski definition) is 1. The zero-order valence-corrected chi connectivity index (χ0v) is 8.36. The lowest BCUT2D eigenvalue weighted by molar-refractivity contribution is 0.481. The summed E-state index contributed by atoms with van der Waals surface area (Å²) in [4.78, 5) is 0. The summed E-state index contributed by atoms with van der Waals surface area (Å²) in [5.74, 6) is 3.03. The molecule has 0 spiro atoms. The van der Waals surface area contributed by atoms with Crippen LogP contribution in [-0.2, 0) is 0 Å². The number of furan rings is 1. The Morgan fingerprint density at radius 3 is 2.75 bits per heavy atom. The van der Waals surface area contributed by atoms with E-state index in [1.807, 2.05) is 30.8 Å². The molecule has 0 saturated heterocycles. The van der Waals surface area contributed by atoms with Gasteiger partial charge in [-0.3, -0.25) is 0 Å². The Kier molecular flexibility index (Phi) is 3.69. The maximum absolute atomic E-state index is 5.62. The van der Waals surface area contributed by atoms with Gasteiger partial charge in [0.15, 0.2) is 0 Å². The highest BCUT2D eigenvalue weighted by molar-refractivity contribution is 7.99. The van der Waals surface area contributed by atoms with Gasteiger partial charge in [-0.15, -0.1) is 11.8 Å². The normalized spacial score (nSPS) is 13.2. The lowest BCUT2D eigenvalue weighted by Gasteiger charge is -2.09. The molecule has 0 amide bonds. The van der Waals surface area contributed by atoms with Crippen LogP contribution in [0.25, 0.3) is 0 Å². The van der Waals surface area contributed by atoms with Gasteiger partial charge in [-0.25, -0.2) is 0 Å². The third-order valence-electron chi connectivity index (χ3n) is 1.66. The van der Waals surface area contributed by atoms with Crippen molar-refractivity contribution < 1.29 is 4.42 Å². The SMILES string of the molecule is CCSC(CN)c1ccc(C)o1. The van der Waals surface area contributed by atoms with Gasteiger partial charge in [-0.05, 0) is 24.8 Å². The molecule has 0 fully saturated rings. The van der Waals surface area contributed by atoms with Gasteiger partial charge in [0.05, 0.1) is 5.25 Å². The zero-order valence-electron chi connectivity index (χ0n) is 7.54. The topological polar surface area (TPSA) is 39.2 Å². The van der Waals surface area contributed by atoms with E-state index in [1.165, 1.54) is 0 Å². The smallest absolute Gasteiger partial charge is 0.118 e. The lowest BCUT2D eigenvalue weighted by Crippen LogP contribution is -2.08. The van der Waals surface area contributed by atoms with Crippen LogP contribution in [0.2, 0.25) is 0 Å². The Hall–Kier alpha value is -0.410. The largest absolute Gasteiger partial charge is 0.465 e. The molecule has 1 unspecified atom stereocenters. The molecule has 0 bridgehead atoms. The van der Waals surface area contributed by atoms with Crippen molar-refractivity contribution in [1.82, 2.24) is 0 Å². The third-order valence-corrected chi connectivity index (χ3v) is 2.82.